The van der Waals surface area contributed by atoms with E-state index < -0.39 is 12.1 Å². The van der Waals surface area contributed by atoms with E-state index in [2.05, 4.69) is 15.4 Å². The molecule has 0 spiro atoms. The Kier molecular flexibility index (Phi) is 6.49. The Hall–Kier alpha value is -1.26. The molecule has 0 fully saturated rings. The zero-order chi connectivity index (χ0) is 11.8. The van der Waals surface area contributed by atoms with Gasteiger partial charge >= 0.3 is 6.09 Å². The first kappa shape index (κ1) is 13.7. The molecule has 2 amide bonds. The van der Waals surface area contributed by atoms with Crippen molar-refractivity contribution < 1.29 is 14.3 Å². The summed E-state index contributed by atoms with van der Waals surface area (Å²) in [5.41, 5.74) is 0. The Labute approximate surface area is 90.6 Å². The lowest BCUT2D eigenvalue weighted by Gasteiger charge is -2.24. The van der Waals surface area contributed by atoms with Gasteiger partial charge in [0.05, 0.1) is 7.11 Å². The third-order valence-corrected chi connectivity index (χ3v) is 2.51. The molecular weight excluding hydrogens is 196 g/mol. The zero-order valence-electron chi connectivity index (χ0n) is 9.79. The molecule has 88 valence electrons. The summed E-state index contributed by atoms with van der Waals surface area (Å²) >= 11 is 0. The Morgan fingerprint density at radius 2 is 1.80 bits per heavy atom. The Morgan fingerprint density at radius 1 is 1.27 bits per heavy atom. The highest BCUT2D eigenvalue weighted by Crippen LogP contribution is 2.13. The highest BCUT2D eigenvalue weighted by molar-refractivity contribution is 5.85. The van der Waals surface area contributed by atoms with Crippen molar-refractivity contribution in [2.24, 2.45) is 5.92 Å². The van der Waals surface area contributed by atoms with Crippen molar-refractivity contribution in [1.82, 2.24) is 10.6 Å². The fourth-order valence-corrected chi connectivity index (χ4v) is 1.50. The van der Waals surface area contributed by atoms with Crippen molar-refractivity contribution in [2.45, 2.75) is 32.7 Å². The van der Waals surface area contributed by atoms with E-state index in [-0.39, 0.29) is 11.8 Å². The number of carbonyl (C=O) groups excluding carboxylic acids is 2. The van der Waals surface area contributed by atoms with E-state index in [0.717, 1.165) is 12.8 Å². The van der Waals surface area contributed by atoms with Crippen molar-refractivity contribution in [1.29, 1.82) is 0 Å². The number of hydrogen-bond acceptors (Lipinski definition) is 3. The van der Waals surface area contributed by atoms with E-state index in [4.69, 9.17) is 0 Å². The largest absolute Gasteiger partial charge is 0.453 e. The second kappa shape index (κ2) is 7.09. The number of carbonyl (C=O) groups is 2. The van der Waals surface area contributed by atoms with Crippen LogP contribution in [0.4, 0.5) is 4.79 Å². The van der Waals surface area contributed by atoms with Crippen molar-refractivity contribution >= 4 is 12.0 Å². The number of methoxy groups -OCH3 is 1. The number of amides is 2. The fourth-order valence-electron chi connectivity index (χ4n) is 1.50. The second-order valence-electron chi connectivity index (χ2n) is 3.30. The van der Waals surface area contributed by atoms with Gasteiger partial charge in [-0.1, -0.05) is 26.7 Å². The smallest absolute Gasteiger partial charge is 0.407 e. The molecule has 0 saturated heterocycles. The molecular formula is C10H20N2O3. The molecule has 0 aliphatic rings. The number of hydrogen-bond donors (Lipinski definition) is 2. The standard InChI is InChI=1S/C10H20N2O3/c1-5-7(6-2)8(9(13)11-3)12-10(14)15-4/h7-8H,5-6H2,1-4H3,(H,11,13)(H,12,14). The number of ether oxygens (including phenoxy) is 1. The van der Waals surface area contributed by atoms with Gasteiger partial charge in [-0.3, -0.25) is 4.79 Å². The van der Waals surface area contributed by atoms with E-state index >= 15 is 0 Å². The summed E-state index contributed by atoms with van der Waals surface area (Å²) in [6.45, 7) is 3.98. The van der Waals surface area contributed by atoms with E-state index in [1.165, 1.54) is 7.11 Å². The summed E-state index contributed by atoms with van der Waals surface area (Å²) < 4.78 is 4.48. The maximum Gasteiger partial charge on any atom is 0.407 e. The second-order valence-corrected chi connectivity index (χ2v) is 3.30. The van der Waals surface area contributed by atoms with Crippen LogP contribution in [0.15, 0.2) is 0 Å². The lowest BCUT2D eigenvalue weighted by atomic mass is 9.93. The van der Waals surface area contributed by atoms with Crippen LogP contribution in [-0.2, 0) is 9.53 Å². The molecule has 0 aliphatic carbocycles. The maximum absolute atomic E-state index is 11.5. The third kappa shape index (κ3) is 4.18. The van der Waals surface area contributed by atoms with Gasteiger partial charge in [-0.2, -0.15) is 0 Å². The minimum Gasteiger partial charge on any atom is -0.453 e. The van der Waals surface area contributed by atoms with Gasteiger partial charge in [0.2, 0.25) is 5.91 Å². The molecule has 5 heteroatoms. The summed E-state index contributed by atoms with van der Waals surface area (Å²) in [6, 6.07) is -0.516. The lowest BCUT2D eigenvalue weighted by molar-refractivity contribution is -0.123. The molecule has 2 N–H and O–H groups in total. The van der Waals surface area contributed by atoms with Crippen LogP contribution in [0.5, 0.6) is 0 Å². The fraction of sp³-hybridized carbons (Fsp3) is 0.800. The molecule has 0 aliphatic heterocycles. The van der Waals surface area contributed by atoms with Crippen LogP contribution in [0.2, 0.25) is 0 Å². The van der Waals surface area contributed by atoms with Crippen LogP contribution < -0.4 is 10.6 Å². The van der Waals surface area contributed by atoms with Crippen LogP contribution in [0.3, 0.4) is 0 Å². The molecule has 5 nitrogen and oxygen atoms in total. The van der Waals surface area contributed by atoms with Crippen LogP contribution >= 0.6 is 0 Å². The van der Waals surface area contributed by atoms with Gasteiger partial charge in [0.15, 0.2) is 0 Å². The van der Waals surface area contributed by atoms with E-state index in [1.54, 1.807) is 7.05 Å². The summed E-state index contributed by atoms with van der Waals surface area (Å²) in [5, 5.41) is 5.08. The zero-order valence-corrected chi connectivity index (χ0v) is 9.79. The molecule has 0 aromatic carbocycles. The van der Waals surface area contributed by atoms with Gasteiger partial charge in [0.25, 0.3) is 0 Å². The van der Waals surface area contributed by atoms with Crippen molar-refractivity contribution in [3.05, 3.63) is 0 Å². The van der Waals surface area contributed by atoms with Crippen molar-refractivity contribution in [3.8, 4) is 0 Å². The van der Waals surface area contributed by atoms with Crippen molar-refractivity contribution in [2.75, 3.05) is 14.2 Å². The Bertz CT molecular complexity index is 215. The average molecular weight is 216 g/mol. The quantitative estimate of drug-likeness (QED) is 0.717. The van der Waals surface area contributed by atoms with Gasteiger partial charge in [-0.05, 0) is 5.92 Å². The summed E-state index contributed by atoms with van der Waals surface area (Å²) in [7, 11) is 2.83. The van der Waals surface area contributed by atoms with Crippen LogP contribution in [0.1, 0.15) is 26.7 Å². The van der Waals surface area contributed by atoms with Gasteiger partial charge in [-0.15, -0.1) is 0 Å². The predicted octanol–water partition coefficient (Wildman–Crippen LogP) is 0.893. The normalized spacial score (nSPS) is 12.1. The average Bonchev–Trinajstić information content (AvgIpc) is 2.27. The molecule has 0 bridgehead atoms. The van der Waals surface area contributed by atoms with Crippen molar-refractivity contribution in [3.63, 3.8) is 0 Å². The summed E-state index contributed by atoms with van der Waals surface area (Å²) in [6.07, 6.45) is 1.09. The minimum absolute atomic E-state index is 0.129. The summed E-state index contributed by atoms with van der Waals surface area (Å²) in [5.74, 6) is -0.0573. The molecule has 0 radical (unpaired) electrons. The first-order valence-corrected chi connectivity index (χ1v) is 5.16. The predicted molar refractivity (Wildman–Crippen MR) is 57.5 cm³/mol. The topological polar surface area (TPSA) is 67.4 Å². The van der Waals surface area contributed by atoms with Gasteiger partial charge in [-0.25, -0.2) is 4.79 Å². The van der Waals surface area contributed by atoms with E-state index in [9.17, 15) is 9.59 Å². The molecule has 0 aromatic heterocycles. The Morgan fingerprint density at radius 3 is 2.13 bits per heavy atom. The van der Waals surface area contributed by atoms with Crippen LogP contribution in [-0.4, -0.2) is 32.2 Å². The van der Waals surface area contributed by atoms with E-state index in [1.807, 2.05) is 13.8 Å². The SMILES string of the molecule is CCC(CC)C(NC(=O)OC)C(=O)NC. The van der Waals surface area contributed by atoms with Crippen LogP contribution in [0, 0.1) is 5.92 Å². The maximum atomic E-state index is 11.5. The lowest BCUT2D eigenvalue weighted by Crippen LogP contribution is -2.49. The van der Waals surface area contributed by atoms with Gasteiger partial charge in [0, 0.05) is 7.05 Å². The Balaban J connectivity index is 4.56. The first-order valence-electron chi connectivity index (χ1n) is 5.16. The summed E-state index contributed by atoms with van der Waals surface area (Å²) in [4.78, 5) is 22.6. The number of nitrogens with one attached hydrogen (secondary N) is 2. The minimum atomic E-state index is -0.574. The third-order valence-electron chi connectivity index (χ3n) is 2.51. The molecule has 0 heterocycles. The molecule has 0 rings (SSSR count). The first-order chi connectivity index (χ1) is 7.10. The van der Waals surface area contributed by atoms with Gasteiger partial charge in [0.1, 0.15) is 6.04 Å². The number of rotatable bonds is 5. The molecule has 0 aromatic rings. The molecule has 1 atom stereocenters. The van der Waals surface area contributed by atoms with E-state index in [0.29, 0.717) is 0 Å². The highest BCUT2D eigenvalue weighted by atomic mass is 16.5. The number of likely N-dealkylation sites (N-methyl/N-ethyl adjacent to an activating group) is 1. The highest BCUT2D eigenvalue weighted by Gasteiger charge is 2.26. The number of alkyl carbamates (subject to hydrolysis) is 1. The monoisotopic (exact) mass is 216 g/mol. The van der Waals surface area contributed by atoms with Gasteiger partial charge < -0.3 is 15.4 Å². The molecule has 1 unspecified atom stereocenters. The van der Waals surface area contributed by atoms with Crippen LogP contribution in [0.25, 0.3) is 0 Å². The molecule has 0 saturated carbocycles. The molecule has 15 heavy (non-hydrogen) atoms.